The quantitative estimate of drug-likeness (QED) is 0.160. The second kappa shape index (κ2) is 11.7. The molecule has 0 amide bonds. The fraction of sp³-hybridized carbons (Fsp3) is 0.207. The first-order chi connectivity index (χ1) is 20.2. The molecule has 1 atom stereocenters. The number of carbonyl (C=O) groups is 1. The number of esters is 1. The number of nitro groups is 1. The van der Waals surface area contributed by atoms with Gasteiger partial charge in [-0.15, -0.1) is 0 Å². The van der Waals surface area contributed by atoms with E-state index in [2.05, 4.69) is 4.99 Å². The number of thiazole rings is 1. The zero-order valence-corrected chi connectivity index (χ0v) is 24.4. The van der Waals surface area contributed by atoms with E-state index in [1.807, 2.05) is 0 Å². The van der Waals surface area contributed by atoms with Crippen molar-refractivity contribution in [3.05, 3.63) is 106 Å². The molecule has 13 heteroatoms. The van der Waals surface area contributed by atoms with Gasteiger partial charge in [-0.2, -0.15) is 0 Å². The second-order valence-corrected chi connectivity index (χ2v) is 10.5. The van der Waals surface area contributed by atoms with Gasteiger partial charge in [0, 0.05) is 28.8 Å². The van der Waals surface area contributed by atoms with Gasteiger partial charge in [-0.3, -0.25) is 19.5 Å². The molecule has 3 heterocycles. The molecule has 2 aromatic heterocycles. The molecule has 4 aromatic rings. The SMILES string of the molecule is CCOC(=O)C1=C(C)N=c2s/c(=C\c3ccc(-c4ccc(Cl)cc4[N+](=O)[O-])o3)c(=O)n2[C@H]1c1ccc(OC)cc1OC. The number of furan rings is 1. The van der Waals surface area contributed by atoms with Gasteiger partial charge in [-0.1, -0.05) is 22.9 Å². The number of fused-ring (bicyclic) bond motifs is 1. The summed E-state index contributed by atoms with van der Waals surface area (Å²) in [5, 5.41) is 11.8. The number of benzene rings is 2. The number of nitro benzene ring substituents is 1. The van der Waals surface area contributed by atoms with Gasteiger partial charge >= 0.3 is 5.97 Å². The first-order valence-corrected chi connectivity index (χ1v) is 13.8. The molecule has 5 rings (SSSR count). The molecule has 0 N–H and O–H groups in total. The van der Waals surface area contributed by atoms with Crippen LogP contribution in [0, 0.1) is 10.1 Å². The lowest BCUT2D eigenvalue weighted by Gasteiger charge is -2.26. The smallest absolute Gasteiger partial charge is 0.338 e. The molecule has 42 heavy (non-hydrogen) atoms. The van der Waals surface area contributed by atoms with E-state index >= 15 is 0 Å². The van der Waals surface area contributed by atoms with E-state index in [1.54, 1.807) is 44.2 Å². The Morgan fingerprint density at radius 3 is 2.67 bits per heavy atom. The predicted molar refractivity (Wildman–Crippen MR) is 156 cm³/mol. The highest BCUT2D eigenvalue weighted by atomic mass is 35.5. The van der Waals surface area contributed by atoms with Gasteiger partial charge in [0.1, 0.15) is 29.1 Å². The number of ether oxygens (including phenoxy) is 3. The number of methoxy groups -OCH3 is 2. The molecule has 0 spiro atoms. The molecular weight excluding hydrogens is 586 g/mol. The monoisotopic (exact) mass is 609 g/mol. The average Bonchev–Trinajstić information content (AvgIpc) is 3.55. The highest BCUT2D eigenvalue weighted by Gasteiger charge is 2.35. The Morgan fingerprint density at radius 1 is 1.19 bits per heavy atom. The Bertz CT molecular complexity index is 1940. The van der Waals surface area contributed by atoms with Crippen LogP contribution in [0.3, 0.4) is 0 Å². The molecule has 2 aromatic carbocycles. The third-order valence-electron chi connectivity index (χ3n) is 6.57. The van der Waals surface area contributed by atoms with E-state index in [4.69, 9.17) is 30.2 Å². The maximum Gasteiger partial charge on any atom is 0.338 e. The number of halogens is 1. The van der Waals surface area contributed by atoms with Crippen LogP contribution in [0.2, 0.25) is 5.02 Å². The number of carbonyl (C=O) groups excluding carboxylic acids is 1. The number of aromatic nitrogens is 1. The van der Waals surface area contributed by atoms with Crippen molar-refractivity contribution in [1.82, 2.24) is 4.57 Å². The maximum absolute atomic E-state index is 13.9. The molecule has 0 saturated heterocycles. The Kier molecular flexibility index (Phi) is 8.01. The molecule has 0 aliphatic carbocycles. The summed E-state index contributed by atoms with van der Waals surface area (Å²) in [5.74, 6) is 0.871. The van der Waals surface area contributed by atoms with Crippen molar-refractivity contribution in [2.45, 2.75) is 19.9 Å². The van der Waals surface area contributed by atoms with Crippen molar-refractivity contribution in [2.24, 2.45) is 4.99 Å². The molecule has 216 valence electrons. The van der Waals surface area contributed by atoms with Crippen LogP contribution in [-0.4, -0.2) is 36.3 Å². The maximum atomic E-state index is 13.9. The minimum absolute atomic E-state index is 0.138. The van der Waals surface area contributed by atoms with Gasteiger partial charge in [0.05, 0.1) is 47.1 Å². The molecule has 0 radical (unpaired) electrons. The summed E-state index contributed by atoms with van der Waals surface area (Å²) in [6.07, 6.45) is 1.53. The highest BCUT2D eigenvalue weighted by Crippen LogP contribution is 2.38. The summed E-state index contributed by atoms with van der Waals surface area (Å²) in [4.78, 5) is 43.0. The van der Waals surface area contributed by atoms with Crippen LogP contribution in [0.15, 0.2) is 74.0 Å². The Hall–Kier alpha value is -4.68. The summed E-state index contributed by atoms with van der Waals surface area (Å²) in [6, 6.07) is 11.7. The lowest BCUT2D eigenvalue weighted by molar-refractivity contribution is -0.384. The van der Waals surface area contributed by atoms with Crippen molar-refractivity contribution in [2.75, 3.05) is 20.8 Å². The van der Waals surface area contributed by atoms with E-state index in [1.165, 1.54) is 43.1 Å². The van der Waals surface area contributed by atoms with Crippen molar-refractivity contribution >= 4 is 40.7 Å². The van der Waals surface area contributed by atoms with Crippen LogP contribution in [0.25, 0.3) is 17.4 Å². The Morgan fingerprint density at radius 2 is 1.98 bits per heavy atom. The summed E-state index contributed by atoms with van der Waals surface area (Å²) in [7, 11) is 3.01. The van der Waals surface area contributed by atoms with E-state index in [0.29, 0.717) is 33.3 Å². The molecule has 0 fully saturated rings. The summed E-state index contributed by atoms with van der Waals surface area (Å²) < 4.78 is 23.9. The van der Waals surface area contributed by atoms with Crippen LogP contribution in [-0.2, 0) is 9.53 Å². The molecular formula is C29H24ClN3O8S. The zero-order valence-electron chi connectivity index (χ0n) is 22.9. The van der Waals surface area contributed by atoms with Gasteiger partial charge < -0.3 is 18.6 Å². The minimum atomic E-state index is -0.896. The predicted octanol–water partition coefficient (Wildman–Crippen LogP) is 4.64. The Balaban J connectivity index is 1.67. The first kappa shape index (κ1) is 28.8. The van der Waals surface area contributed by atoms with Gasteiger partial charge in [0.25, 0.3) is 11.2 Å². The standard InChI is InChI=1S/C29H24ClN3O8S/c1-5-40-28(35)25-15(2)31-29-32(26(25)20-10-7-17(38-3)13-23(20)39-4)27(34)24(42-29)14-18-8-11-22(41-18)19-9-6-16(30)12-21(19)33(36)37/h6-14,26H,5H2,1-4H3/b24-14-/t26-/m0/s1. The Labute approximate surface area is 247 Å². The number of hydrogen-bond acceptors (Lipinski definition) is 10. The van der Waals surface area contributed by atoms with Crippen molar-refractivity contribution in [1.29, 1.82) is 0 Å². The second-order valence-electron chi connectivity index (χ2n) is 9.03. The molecule has 0 saturated carbocycles. The van der Waals surface area contributed by atoms with Gasteiger partial charge in [-0.05, 0) is 50.2 Å². The number of nitrogens with zero attached hydrogens (tertiary/aromatic N) is 3. The van der Waals surface area contributed by atoms with Gasteiger partial charge in [-0.25, -0.2) is 9.79 Å². The molecule has 1 aliphatic rings. The molecule has 11 nitrogen and oxygen atoms in total. The first-order valence-electron chi connectivity index (χ1n) is 12.6. The third kappa shape index (κ3) is 5.21. The molecule has 1 aliphatic heterocycles. The third-order valence-corrected chi connectivity index (χ3v) is 7.79. The van der Waals surface area contributed by atoms with Crippen LogP contribution < -0.4 is 24.4 Å². The van der Waals surface area contributed by atoms with Crippen LogP contribution in [0.1, 0.15) is 31.2 Å². The normalized spacial score (nSPS) is 14.8. The lowest BCUT2D eigenvalue weighted by atomic mass is 9.95. The topological polar surface area (TPSA) is 135 Å². The lowest BCUT2D eigenvalue weighted by Crippen LogP contribution is -2.40. The van der Waals surface area contributed by atoms with E-state index in [-0.39, 0.29) is 38.7 Å². The van der Waals surface area contributed by atoms with Crippen molar-refractivity contribution in [3.63, 3.8) is 0 Å². The van der Waals surface area contributed by atoms with E-state index in [0.717, 1.165) is 11.3 Å². The number of allylic oxidation sites excluding steroid dienone is 1. The van der Waals surface area contributed by atoms with Crippen LogP contribution >= 0.6 is 22.9 Å². The fourth-order valence-electron chi connectivity index (χ4n) is 4.70. The summed E-state index contributed by atoms with van der Waals surface area (Å²) in [5.41, 5.74) is 0.754. The summed E-state index contributed by atoms with van der Waals surface area (Å²) in [6.45, 7) is 3.52. The number of rotatable bonds is 8. The summed E-state index contributed by atoms with van der Waals surface area (Å²) >= 11 is 7.06. The van der Waals surface area contributed by atoms with Crippen molar-refractivity contribution in [3.8, 4) is 22.8 Å². The van der Waals surface area contributed by atoms with E-state index < -0.39 is 22.5 Å². The average molecular weight is 610 g/mol. The van der Waals surface area contributed by atoms with E-state index in [9.17, 15) is 19.7 Å². The zero-order chi connectivity index (χ0) is 30.1. The van der Waals surface area contributed by atoms with Crippen LogP contribution in [0.4, 0.5) is 5.69 Å². The number of hydrogen-bond donors (Lipinski definition) is 0. The van der Waals surface area contributed by atoms with Crippen LogP contribution in [0.5, 0.6) is 11.5 Å². The molecule has 0 unspecified atom stereocenters. The van der Waals surface area contributed by atoms with Gasteiger partial charge in [0.15, 0.2) is 4.80 Å². The fourth-order valence-corrected chi connectivity index (χ4v) is 5.89. The minimum Gasteiger partial charge on any atom is -0.497 e. The van der Waals surface area contributed by atoms with Gasteiger partial charge in [0.2, 0.25) is 0 Å². The van der Waals surface area contributed by atoms with Crippen molar-refractivity contribution < 1.29 is 28.3 Å². The largest absolute Gasteiger partial charge is 0.497 e. The molecule has 0 bridgehead atoms. The highest BCUT2D eigenvalue weighted by molar-refractivity contribution is 7.07.